The summed E-state index contributed by atoms with van der Waals surface area (Å²) in [6, 6.07) is 25.7. The number of fused-ring (bicyclic) bond motifs is 1. The zero-order chi connectivity index (χ0) is 24.4. The Hall–Kier alpha value is -3.40. The van der Waals surface area contributed by atoms with E-state index in [0.29, 0.717) is 18.9 Å². The highest BCUT2D eigenvalue weighted by Gasteiger charge is 2.34. The molecule has 1 atom stereocenters. The smallest absolute Gasteiger partial charge is 0.227 e. The van der Waals surface area contributed by atoms with Gasteiger partial charge in [-0.1, -0.05) is 75.7 Å². The van der Waals surface area contributed by atoms with Crippen LogP contribution in [0, 0.1) is 0 Å². The minimum Gasteiger partial charge on any atom is -0.323 e. The molecule has 4 heteroatoms. The molecule has 5 rings (SSSR count). The number of amides is 1. The number of unbranched alkanes of at least 4 members (excludes halogenated alkanes) is 1. The normalized spacial score (nSPS) is 16.1. The number of nitrogens with zero attached hydrogens (tertiary/aromatic N) is 3. The van der Waals surface area contributed by atoms with Gasteiger partial charge in [0, 0.05) is 31.1 Å². The van der Waals surface area contributed by atoms with Crippen LogP contribution < -0.4 is 4.90 Å². The number of hydrogen-bond donors (Lipinski definition) is 0. The summed E-state index contributed by atoms with van der Waals surface area (Å²) in [5.74, 6) is 1.78. The van der Waals surface area contributed by atoms with Crippen molar-refractivity contribution in [3.8, 4) is 0 Å². The Morgan fingerprint density at radius 3 is 2.37 bits per heavy atom. The van der Waals surface area contributed by atoms with Crippen LogP contribution in [0.5, 0.6) is 0 Å². The fourth-order valence-corrected chi connectivity index (χ4v) is 5.12. The van der Waals surface area contributed by atoms with E-state index in [1.807, 2.05) is 11.0 Å². The predicted molar refractivity (Wildman–Crippen MR) is 144 cm³/mol. The van der Waals surface area contributed by atoms with E-state index >= 15 is 0 Å². The van der Waals surface area contributed by atoms with Gasteiger partial charge in [0.25, 0.3) is 0 Å². The molecule has 4 aromatic rings. The van der Waals surface area contributed by atoms with Gasteiger partial charge in [-0.2, -0.15) is 0 Å². The van der Waals surface area contributed by atoms with Crippen LogP contribution in [0.25, 0.3) is 11.0 Å². The first-order valence-electron chi connectivity index (χ1n) is 13.0. The summed E-state index contributed by atoms with van der Waals surface area (Å²) in [5.41, 5.74) is 7.05. The van der Waals surface area contributed by atoms with Gasteiger partial charge >= 0.3 is 0 Å². The quantitative estimate of drug-likeness (QED) is 0.279. The monoisotopic (exact) mass is 465 g/mol. The highest BCUT2D eigenvalue weighted by atomic mass is 16.2. The first kappa shape index (κ1) is 23.3. The predicted octanol–water partition coefficient (Wildman–Crippen LogP) is 7.07. The third-order valence-electron chi connectivity index (χ3n) is 7.23. The van der Waals surface area contributed by atoms with Crippen LogP contribution in [-0.2, 0) is 17.8 Å². The number of anilines is 1. The van der Waals surface area contributed by atoms with Gasteiger partial charge in [-0.05, 0) is 59.7 Å². The molecule has 1 aliphatic heterocycles. The lowest BCUT2D eigenvalue weighted by molar-refractivity contribution is -0.117. The molecule has 2 heterocycles. The van der Waals surface area contributed by atoms with Crippen LogP contribution in [0.2, 0.25) is 0 Å². The molecule has 0 saturated carbocycles. The second-order valence-electron chi connectivity index (χ2n) is 10.1. The molecule has 3 aromatic carbocycles. The third kappa shape index (κ3) is 4.88. The van der Waals surface area contributed by atoms with E-state index < -0.39 is 0 Å². The van der Waals surface area contributed by atoms with Gasteiger partial charge in [-0.3, -0.25) is 4.79 Å². The SMILES string of the molecule is CCCCc1ccc(N2CC(c3nc4ccccc4n3Cc3ccc(C(C)C)cc3)CC2=O)cc1. The van der Waals surface area contributed by atoms with Crippen LogP contribution >= 0.6 is 0 Å². The topological polar surface area (TPSA) is 38.1 Å². The van der Waals surface area contributed by atoms with E-state index in [4.69, 9.17) is 4.98 Å². The number of imidazole rings is 1. The van der Waals surface area contributed by atoms with Crippen molar-refractivity contribution in [1.82, 2.24) is 9.55 Å². The van der Waals surface area contributed by atoms with Gasteiger partial charge in [0.1, 0.15) is 5.82 Å². The summed E-state index contributed by atoms with van der Waals surface area (Å²) in [6.07, 6.45) is 3.97. The van der Waals surface area contributed by atoms with E-state index in [1.165, 1.54) is 29.5 Å². The minimum atomic E-state index is 0.0737. The van der Waals surface area contributed by atoms with Gasteiger partial charge in [0.05, 0.1) is 11.0 Å². The number of hydrogen-bond acceptors (Lipinski definition) is 2. The number of rotatable bonds is 8. The Bertz CT molecular complexity index is 1300. The lowest BCUT2D eigenvalue weighted by Gasteiger charge is -2.18. The Morgan fingerprint density at radius 1 is 0.943 bits per heavy atom. The van der Waals surface area contributed by atoms with Crippen molar-refractivity contribution in [2.45, 2.75) is 64.8 Å². The average Bonchev–Trinajstić information content (AvgIpc) is 3.44. The zero-order valence-electron chi connectivity index (χ0n) is 21.1. The van der Waals surface area contributed by atoms with Crippen molar-refractivity contribution in [1.29, 1.82) is 0 Å². The van der Waals surface area contributed by atoms with E-state index in [1.54, 1.807) is 0 Å². The second kappa shape index (κ2) is 10.1. The average molecular weight is 466 g/mol. The lowest BCUT2D eigenvalue weighted by atomic mass is 10.0. The van der Waals surface area contributed by atoms with Crippen molar-refractivity contribution in [3.63, 3.8) is 0 Å². The van der Waals surface area contributed by atoms with Crippen LogP contribution in [0.1, 0.15) is 74.4 Å². The molecule has 1 fully saturated rings. The third-order valence-corrected chi connectivity index (χ3v) is 7.23. The number of aryl methyl sites for hydroxylation is 1. The van der Waals surface area contributed by atoms with Crippen LogP contribution in [0.4, 0.5) is 5.69 Å². The fourth-order valence-electron chi connectivity index (χ4n) is 5.12. The van der Waals surface area contributed by atoms with Crippen molar-refractivity contribution in [3.05, 3.63) is 95.3 Å². The fraction of sp³-hybridized carbons (Fsp3) is 0.355. The van der Waals surface area contributed by atoms with Gasteiger partial charge in [-0.25, -0.2) is 4.98 Å². The molecule has 1 saturated heterocycles. The Balaban J connectivity index is 1.42. The van der Waals surface area contributed by atoms with Gasteiger partial charge < -0.3 is 9.47 Å². The summed E-state index contributed by atoms with van der Waals surface area (Å²) in [5, 5.41) is 0. The number of carbonyl (C=O) groups is 1. The number of para-hydroxylation sites is 2. The molecule has 35 heavy (non-hydrogen) atoms. The summed E-state index contributed by atoms with van der Waals surface area (Å²) in [6.45, 7) is 8.08. The molecule has 1 amide bonds. The number of benzene rings is 3. The highest BCUT2D eigenvalue weighted by molar-refractivity contribution is 5.96. The first-order chi connectivity index (χ1) is 17.0. The molecule has 0 spiro atoms. The van der Waals surface area contributed by atoms with Gasteiger partial charge in [-0.15, -0.1) is 0 Å². The first-order valence-corrected chi connectivity index (χ1v) is 13.0. The van der Waals surface area contributed by atoms with Gasteiger partial charge in [0.2, 0.25) is 5.91 Å². The van der Waals surface area contributed by atoms with Crippen LogP contribution in [0.15, 0.2) is 72.8 Å². The van der Waals surface area contributed by atoms with E-state index in [2.05, 4.69) is 92.1 Å². The second-order valence-corrected chi connectivity index (χ2v) is 10.1. The van der Waals surface area contributed by atoms with E-state index in [0.717, 1.165) is 35.5 Å². The van der Waals surface area contributed by atoms with Crippen molar-refractivity contribution < 1.29 is 4.79 Å². The summed E-state index contributed by atoms with van der Waals surface area (Å²) in [4.78, 5) is 20.1. The maximum atomic E-state index is 13.1. The Labute approximate surface area is 208 Å². The van der Waals surface area contributed by atoms with Gasteiger partial charge in [0.15, 0.2) is 0 Å². The minimum absolute atomic E-state index is 0.0737. The molecule has 4 nitrogen and oxygen atoms in total. The van der Waals surface area contributed by atoms with E-state index in [-0.39, 0.29) is 11.8 Å². The molecule has 0 radical (unpaired) electrons. The molecule has 0 aliphatic carbocycles. The summed E-state index contributed by atoms with van der Waals surface area (Å²) >= 11 is 0. The maximum Gasteiger partial charge on any atom is 0.227 e. The zero-order valence-corrected chi connectivity index (χ0v) is 21.1. The highest BCUT2D eigenvalue weighted by Crippen LogP contribution is 2.34. The molecule has 1 unspecified atom stereocenters. The maximum absolute atomic E-state index is 13.1. The molecule has 1 aliphatic rings. The van der Waals surface area contributed by atoms with Crippen molar-refractivity contribution >= 4 is 22.6 Å². The largest absolute Gasteiger partial charge is 0.323 e. The molecule has 0 N–H and O–H groups in total. The Kier molecular flexibility index (Phi) is 6.72. The summed E-state index contributed by atoms with van der Waals surface area (Å²) < 4.78 is 2.31. The molecule has 1 aromatic heterocycles. The molecule has 0 bridgehead atoms. The molecular formula is C31H35N3O. The molecular weight excluding hydrogens is 430 g/mol. The van der Waals surface area contributed by atoms with Crippen molar-refractivity contribution in [2.75, 3.05) is 11.4 Å². The van der Waals surface area contributed by atoms with Crippen molar-refractivity contribution in [2.24, 2.45) is 0 Å². The standard InChI is InChI=1S/C31H35N3O/c1-4-5-8-23-13-17-27(18-14-23)33-21-26(19-30(33)35)31-32-28-9-6-7-10-29(28)34(31)20-24-11-15-25(16-12-24)22(2)3/h6-7,9-18,22,26H,4-5,8,19-21H2,1-3H3. The van der Waals surface area contributed by atoms with Crippen LogP contribution in [-0.4, -0.2) is 22.0 Å². The Morgan fingerprint density at radius 2 is 1.66 bits per heavy atom. The summed E-state index contributed by atoms with van der Waals surface area (Å²) in [7, 11) is 0. The molecule has 180 valence electrons. The lowest BCUT2D eigenvalue weighted by Crippen LogP contribution is -2.24. The van der Waals surface area contributed by atoms with E-state index in [9.17, 15) is 4.79 Å². The van der Waals surface area contributed by atoms with Crippen LogP contribution in [0.3, 0.4) is 0 Å². The number of aromatic nitrogens is 2. The number of carbonyl (C=O) groups excluding carboxylic acids is 1.